The number of rotatable bonds is 7. The molecule has 0 aromatic carbocycles. The summed E-state index contributed by atoms with van der Waals surface area (Å²) in [5.74, 6) is 1.67. The van der Waals surface area contributed by atoms with Crippen molar-refractivity contribution in [3.63, 3.8) is 0 Å². The molecule has 0 fully saturated rings. The Morgan fingerprint density at radius 1 is 1.18 bits per heavy atom. The molecular weight excluding hydrogens is 236 g/mol. The smallest absolute Gasteiger partial charge is 0.152 e. The largest absolute Gasteiger partial charge is 0.368 e. The Morgan fingerprint density at radius 3 is 2.94 bits per heavy atom. The predicted molar refractivity (Wildman–Crippen MR) is 70.7 cm³/mol. The second-order valence-corrected chi connectivity index (χ2v) is 4.34. The molecule has 2 heterocycles. The maximum absolute atomic E-state index is 5.63. The zero-order valence-corrected chi connectivity index (χ0v) is 10.5. The van der Waals surface area contributed by atoms with E-state index in [0.717, 1.165) is 36.6 Å². The van der Waals surface area contributed by atoms with Gasteiger partial charge in [-0.05, 0) is 18.9 Å². The van der Waals surface area contributed by atoms with E-state index < -0.39 is 0 Å². The van der Waals surface area contributed by atoms with Crippen molar-refractivity contribution in [1.82, 2.24) is 14.6 Å². The first-order valence-corrected chi connectivity index (χ1v) is 6.53. The molecule has 0 aliphatic heterocycles. The maximum atomic E-state index is 5.63. The van der Waals surface area contributed by atoms with Crippen LogP contribution in [0, 0.1) is 0 Å². The van der Waals surface area contributed by atoms with Crippen LogP contribution < -0.4 is 5.32 Å². The lowest BCUT2D eigenvalue weighted by atomic mass is 10.2. The van der Waals surface area contributed by atoms with Crippen molar-refractivity contribution in [3.05, 3.63) is 24.7 Å². The van der Waals surface area contributed by atoms with Gasteiger partial charge in [0.1, 0.15) is 5.52 Å². The van der Waals surface area contributed by atoms with Crippen LogP contribution in [0.25, 0.3) is 5.52 Å². The minimum absolute atomic E-state index is 0.768. The summed E-state index contributed by atoms with van der Waals surface area (Å²) in [7, 11) is 0. The first kappa shape index (κ1) is 12.2. The van der Waals surface area contributed by atoms with E-state index in [4.69, 9.17) is 11.6 Å². The van der Waals surface area contributed by atoms with Crippen LogP contribution in [-0.4, -0.2) is 27.0 Å². The molecule has 5 heteroatoms. The van der Waals surface area contributed by atoms with Gasteiger partial charge in [0.05, 0.1) is 6.20 Å². The van der Waals surface area contributed by atoms with E-state index in [9.17, 15) is 0 Å². The van der Waals surface area contributed by atoms with Gasteiger partial charge >= 0.3 is 0 Å². The third kappa shape index (κ3) is 3.33. The third-order valence-electron chi connectivity index (χ3n) is 2.68. The minimum Gasteiger partial charge on any atom is -0.368 e. The van der Waals surface area contributed by atoms with Crippen LogP contribution in [-0.2, 0) is 0 Å². The third-order valence-corrected chi connectivity index (χ3v) is 2.94. The number of hydrogen-bond donors (Lipinski definition) is 1. The van der Waals surface area contributed by atoms with Crippen molar-refractivity contribution in [3.8, 4) is 0 Å². The van der Waals surface area contributed by atoms with E-state index in [2.05, 4.69) is 15.4 Å². The number of alkyl halides is 1. The number of halogens is 1. The lowest BCUT2D eigenvalue weighted by molar-refractivity contribution is 0.687. The Labute approximate surface area is 106 Å². The summed E-state index contributed by atoms with van der Waals surface area (Å²) in [4.78, 5) is 4.32. The Kier molecular flexibility index (Phi) is 4.62. The molecule has 0 radical (unpaired) electrons. The van der Waals surface area contributed by atoms with Crippen molar-refractivity contribution >= 4 is 22.9 Å². The van der Waals surface area contributed by atoms with Crippen LogP contribution in [0.2, 0.25) is 0 Å². The molecule has 0 saturated carbocycles. The molecule has 0 atom stereocenters. The normalized spacial score (nSPS) is 10.9. The lowest BCUT2D eigenvalue weighted by Gasteiger charge is -2.06. The average molecular weight is 253 g/mol. The van der Waals surface area contributed by atoms with Crippen molar-refractivity contribution in [2.24, 2.45) is 0 Å². The van der Waals surface area contributed by atoms with Gasteiger partial charge in [0, 0.05) is 24.8 Å². The molecule has 0 bridgehead atoms. The fraction of sp³-hybridized carbons (Fsp3) is 0.500. The number of anilines is 1. The first-order chi connectivity index (χ1) is 8.42. The van der Waals surface area contributed by atoms with E-state index in [-0.39, 0.29) is 0 Å². The molecule has 17 heavy (non-hydrogen) atoms. The number of hydrogen-bond acceptors (Lipinski definition) is 3. The van der Waals surface area contributed by atoms with Gasteiger partial charge in [0.25, 0.3) is 0 Å². The van der Waals surface area contributed by atoms with Crippen molar-refractivity contribution in [1.29, 1.82) is 0 Å². The minimum atomic E-state index is 0.768. The zero-order chi connectivity index (χ0) is 11.9. The number of unbranched alkanes of at least 4 members (excludes halogenated alkanes) is 3. The lowest BCUT2D eigenvalue weighted by Crippen LogP contribution is -2.05. The van der Waals surface area contributed by atoms with E-state index in [1.807, 2.05) is 16.8 Å². The van der Waals surface area contributed by atoms with Crippen LogP contribution >= 0.6 is 11.6 Å². The molecule has 2 aromatic rings. The van der Waals surface area contributed by atoms with Crippen LogP contribution in [0.15, 0.2) is 24.7 Å². The Balaban J connectivity index is 1.80. The summed E-state index contributed by atoms with van der Waals surface area (Å²) in [6.45, 7) is 0.945. The fourth-order valence-corrected chi connectivity index (χ4v) is 1.96. The molecule has 0 aliphatic carbocycles. The molecule has 2 aromatic heterocycles. The quantitative estimate of drug-likeness (QED) is 0.609. The highest BCUT2D eigenvalue weighted by Gasteiger charge is 2.01. The van der Waals surface area contributed by atoms with Gasteiger partial charge in [-0.3, -0.25) is 0 Å². The van der Waals surface area contributed by atoms with Gasteiger partial charge in [0.2, 0.25) is 0 Å². The Hall–Kier alpha value is -1.29. The van der Waals surface area contributed by atoms with Gasteiger partial charge < -0.3 is 5.32 Å². The van der Waals surface area contributed by atoms with Crippen LogP contribution in [0.1, 0.15) is 25.7 Å². The summed E-state index contributed by atoms with van der Waals surface area (Å²) >= 11 is 5.63. The first-order valence-electron chi connectivity index (χ1n) is 6.00. The van der Waals surface area contributed by atoms with Gasteiger partial charge in [-0.1, -0.05) is 12.8 Å². The molecule has 0 saturated heterocycles. The molecular formula is C12H17ClN4. The van der Waals surface area contributed by atoms with Gasteiger partial charge in [-0.15, -0.1) is 11.6 Å². The van der Waals surface area contributed by atoms with E-state index in [1.54, 1.807) is 12.4 Å². The van der Waals surface area contributed by atoms with E-state index in [0.29, 0.717) is 0 Å². The standard InChI is InChI=1S/C12H17ClN4/c13-6-3-1-2-4-7-14-12-11-5-8-16-17(11)10-9-15-12/h5,8-10H,1-4,6-7H2,(H,14,15). The molecule has 0 spiro atoms. The highest BCUT2D eigenvalue weighted by molar-refractivity contribution is 6.17. The summed E-state index contributed by atoms with van der Waals surface area (Å²) in [6.07, 6.45) is 10.1. The SMILES string of the molecule is ClCCCCCCNc1nccn2nccc12. The highest BCUT2D eigenvalue weighted by atomic mass is 35.5. The Bertz CT molecular complexity index is 454. The van der Waals surface area contributed by atoms with Crippen molar-refractivity contribution in [2.75, 3.05) is 17.7 Å². The highest BCUT2D eigenvalue weighted by Crippen LogP contribution is 2.12. The molecule has 92 valence electrons. The number of aromatic nitrogens is 3. The monoisotopic (exact) mass is 252 g/mol. The van der Waals surface area contributed by atoms with Crippen molar-refractivity contribution < 1.29 is 0 Å². The molecule has 4 nitrogen and oxygen atoms in total. The van der Waals surface area contributed by atoms with Gasteiger partial charge in [0.15, 0.2) is 5.82 Å². The molecule has 2 rings (SSSR count). The maximum Gasteiger partial charge on any atom is 0.152 e. The predicted octanol–water partition coefficient (Wildman–Crippen LogP) is 2.94. The molecule has 1 N–H and O–H groups in total. The number of nitrogens with one attached hydrogen (secondary N) is 1. The second-order valence-electron chi connectivity index (χ2n) is 3.97. The number of fused-ring (bicyclic) bond motifs is 1. The van der Waals surface area contributed by atoms with Crippen molar-refractivity contribution in [2.45, 2.75) is 25.7 Å². The molecule has 0 aliphatic rings. The van der Waals surface area contributed by atoms with E-state index >= 15 is 0 Å². The van der Waals surface area contributed by atoms with Crippen LogP contribution in [0.3, 0.4) is 0 Å². The fourth-order valence-electron chi connectivity index (χ4n) is 1.77. The topological polar surface area (TPSA) is 42.2 Å². The molecule has 0 amide bonds. The summed E-state index contributed by atoms with van der Waals surface area (Å²) < 4.78 is 1.82. The Morgan fingerprint density at radius 2 is 2.06 bits per heavy atom. The van der Waals surface area contributed by atoms with E-state index in [1.165, 1.54) is 12.8 Å². The average Bonchev–Trinajstić information content (AvgIpc) is 2.82. The van der Waals surface area contributed by atoms with Crippen LogP contribution in [0.5, 0.6) is 0 Å². The van der Waals surface area contributed by atoms with Gasteiger partial charge in [-0.25, -0.2) is 9.50 Å². The summed E-state index contributed by atoms with van der Waals surface area (Å²) in [5.41, 5.74) is 1.02. The van der Waals surface area contributed by atoms with Gasteiger partial charge in [-0.2, -0.15) is 5.10 Å². The summed E-state index contributed by atoms with van der Waals surface area (Å²) in [5, 5.41) is 7.52. The van der Waals surface area contributed by atoms with Crippen LogP contribution in [0.4, 0.5) is 5.82 Å². The second kappa shape index (κ2) is 6.45. The zero-order valence-electron chi connectivity index (χ0n) is 9.77. The number of nitrogens with zero attached hydrogens (tertiary/aromatic N) is 3. The molecule has 0 unspecified atom stereocenters. The summed E-state index contributed by atoms with van der Waals surface area (Å²) in [6, 6.07) is 1.96.